The fraction of sp³-hybridized carbons (Fsp3) is 0.588. The molecule has 0 spiro atoms. The second-order valence-corrected chi connectivity index (χ2v) is 6.38. The molecule has 112 valence electrons. The van der Waals surface area contributed by atoms with Gasteiger partial charge < -0.3 is 5.32 Å². The van der Waals surface area contributed by atoms with Crippen molar-refractivity contribution in [2.75, 3.05) is 6.54 Å². The van der Waals surface area contributed by atoms with Crippen LogP contribution in [0.5, 0.6) is 0 Å². The number of Topliss-reactive ketones (excluding diaryl/α,β-unsaturated/α-hetero) is 1. The summed E-state index contributed by atoms with van der Waals surface area (Å²) in [5, 5.41) is 4.61. The molecule has 0 saturated carbocycles. The molecule has 2 nitrogen and oxygen atoms in total. The molecule has 0 radical (unpaired) electrons. The lowest BCUT2D eigenvalue weighted by atomic mass is 9.96. The van der Waals surface area contributed by atoms with Gasteiger partial charge in [0.25, 0.3) is 0 Å². The Balaban J connectivity index is 2.95. The molecule has 0 aliphatic rings. The third-order valence-corrected chi connectivity index (χ3v) is 3.87. The van der Waals surface area contributed by atoms with Crippen LogP contribution >= 0.6 is 9.24 Å². The third kappa shape index (κ3) is 5.00. The molecule has 0 bridgehead atoms. The van der Waals surface area contributed by atoms with E-state index in [1.807, 2.05) is 0 Å². The molecule has 20 heavy (non-hydrogen) atoms. The molecule has 1 aromatic rings. The van der Waals surface area contributed by atoms with Crippen LogP contribution in [0, 0.1) is 5.92 Å². The number of carbonyl (C=O) groups excluding carboxylic acids is 1. The summed E-state index contributed by atoms with van der Waals surface area (Å²) >= 11 is 0. The van der Waals surface area contributed by atoms with Gasteiger partial charge in [-0.2, -0.15) is 0 Å². The maximum absolute atomic E-state index is 12.3. The summed E-state index contributed by atoms with van der Waals surface area (Å²) < 4.78 is 0. The number of hydrogen-bond acceptors (Lipinski definition) is 2. The van der Waals surface area contributed by atoms with Crippen molar-refractivity contribution >= 4 is 20.3 Å². The van der Waals surface area contributed by atoms with Crippen molar-refractivity contribution in [3.8, 4) is 0 Å². The quantitative estimate of drug-likeness (QED) is 0.587. The Hall–Kier alpha value is -0.720. The second kappa shape index (κ2) is 8.54. The van der Waals surface area contributed by atoms with Gasteiger partial charge in [-0.05, 0) is 47.8 Å². The predicted octanol–water partition coefficient (Wildman–Crippen LogP) is 3.48. The highest BCUT2D eigenvalue weighted by atomic mass is 31.0. The van der Waals surface area contributed by atoms with Crippen LogP contribution < -0.4 is 10.6 Å². The Labute approximate surface area is 125 Å². The third-order valence-electron chi connectivity index (χ3n) is 3.36. The van der Waals surface area contributed by atoms with E-state index in [1.165, 1.54) is 11.1 Å². The summed E-state index contributed by atoms with van der Waals surface area (Å²) in [7, 11) is 2.79. The molecule has 1 unspecified atom stereocenters. The van der Waals surface area contributed by atoms with Crippen LogP contribution in [0.3, 0.4) is 0 Å². The smallest absolute Gasteiger partial charge is 0.163 e. The lowest BCUT2D eigenvalue weighted by Gasteiger charge is -2.14. The fourth-order valence-electron chi connectivity index (χ4n) is 2.37. The highest BCUT2D eigenvalue weighted by molar-refractivity contribution is 7.27. The van der Waals surface area contributed by atoms with Gasteiger partial charge in [-0.15, -0.1) is 9.24 Å². The molecule has 1 rings (SSSR count). The first-order valence-corrected chi connectivity index (χ1v) is 8.22. The van der Waals surface area contributed by atoms with E-state index in [9.17, 15) is 4.79 Å². The van der Waals surface area contributed by atoms with Crippen LogP contribution in [-0.4, -0.2) is 12.3 Å². The number of benzene rings is 1. The first-order chi connectivity index (χ1) is 9.49. The zero-order valence-corrected chi connectivity index (χ0v) is 14.4. The van der Waals surface area contributed by atoms with Gasteiger partial charge in [-0.25, -0.2) is 0 Å². The Morgan fingerprint density at radius 2 is 2.00 bits per heavy atom. The Kier molecular flexibility index (Phi) is 7.40. The Morgan fingerprint density at radius 1 is 1.30 bits per heavy atom. The van der Waals surface area contributed by atoms with E-state index in [2.05, 4.69) is 54.4 Å². The molecule has 0 amide bonds. The van der Waals surface area contributed by atoms with Gasteiger partial charge in [0.1, 0.15) is 0 Å². The maximum atomic E-state index is 12.3. The van der Waals surface area contributed by atoms with Crippen LogP contribution in [-0.2, 0) is 13.0 Å². The molecule has 0 heterocycles. The molecular weight excluding hydrogens is 265 g/mol. The van der Waals surface area contributed by atoms with Crippen molar-refractivity contribution < 1.29 is 4.79 Å². The zero-order chi connectivity index (χ0) is 15.1. The minimum Gasteiger partial charge on any atom is -0.312 e. The van der Waals surface area contributed by atoms with Crippen LogP contribution in [0.1, 0.15) is 62.0 Å². The van der Waals surface area contributed by atoms with E-state index in [4.69, 9.17) is 0 Å². The number of hydrogen-bond donors (Lipinski definition) is 1. The largest absolute Gasteiger partial charge is 0.312 e. The molecule has 0 fully saturated rings. The van der Waals surface area contributed by atoms with Gasteiger partial charge in [0.05, 0.1) is 0 Å². The van der Waals surface area contributed by atoms with Crippen molar-refractivity contribution in [3.05, 3.63) is 28.8 Å². The van der Waals surface area contributed by atoms with Crippen LogP contribution in [0.4, 0.5) is 0 Å². The van der Waals surface area contributed by atoms with E-state index in [-0.39, 0.29) is 5.78 Å². The fourth-order valence-corrected chi connectivity index (χ4v) is 2.94. The SMILES string of the molecule is CCCC(=O)c1cc(CNCC(C)C)cc(P)c1CC. The standard InChI is InChI=1S/C17H28NOP/c1-5-7-16(19)15-8-13(11-18-10-12(3)4)9-17(20)14(15)6-2/h8-9,12,18H,5-7,10-11,20H2,1-4H3. The normalized spacial score (nSPS) is 11.1. The summed E-state index contributed by atoms with van der Waals surface area (Å²) in [4.78, 5) is 12.3. The van der Waals surface area contributed by atoms with Crippen molar-refractivity contribution in [2.45, 2.75) is 53.5 Å². The molecule has 3 heteroatoms. The zero-order valence-electron chi connectivity index (χ0n) is 13.3. The number of rotatable bonds is 8. The predicted molar refractivity (Wildman–Crippen MR) is 90.9 cm³/mol. The number of ketones is 1. The van der Waals surface area contributed by atoms with E-state index in [0.717, 1.165) is 36.8 Å². The van der Waals surface area contributed by atoms with E-state index >= 15 is 0 Å². The first-order valence-electron chi connectivity index (χ1n) is 7.64. The molecule has 0 aromatic heterocycles. The summed E-state index contributed by atoms with van der Waals surface area (Å²) in [5.41, 5.74) is 3.30. The number of carbonyl (C=O) groups is 1. The van der Waals surface area contributed by atoms with E-state index in [1.54, 1.807) is 0 Å². The lowest BCUT2D eigenvalue weighted by Crippen LogP contribution is -2.21. The average molecular weight is 293 g/mol. The lowest BCUT2D eigenvalue weighted by molar-refractivity contribution is 0.0981. The van der Waals surface area contributed by atoms with Crippen molar-refractivity contribution in [1.82, 2.24) is 5.32 Å². The van der Waals surface area contributed by atoms with E-state index in [0.29, 0.717) is 12.3 Å². The average Bonchev–Trinajstić information content (AvgIpc) is 2.38. The van der Waals surface area contributed by atoms with Gasteiger partial charge in [0.15, 0.2) is 5.78 Å². The molecule has 0 saturated heterocycles. The van der Waals surface area contributed by atoms with Crippen molar-refractivity contribution in [1.29, 1.82) is 0 Å². The highest BCUT2D eigenvalue weighted by Crippen LogP contribution is 2.16. The van der Waals surface area contributed by atoms with Crippen LogP contribution in [0.25, 0.3) is 0 Å². The summed E-state index contributed by atoms with van der Waals surface area (Å²) in [5.74, 6) is 0.917. The molecule has 0 aliphatic heterocycles. The minimum absolute atomic E-state index is 0.277. The molecule has 1 N–H and O–H groups in total. The molecule has 1 atom stereocenters. The van der Waals surface area contributed by atoms with Gasteiger partial charge in [-0.1, -0.05) is 33.8 Å². The molecule has 1 aromatic carbocycles. The van der Waals surface area contributed by atoms with Gasteiger partial charge in [0, 0.05) is 18.5 Å². The summed E-state index contributed by atoms with van der Waals surface area (Å²) in [6.07, 6.45) is 2.45. The van der Waals surface area contributed by atoms with Gasteiger partial charge >= 0.3 is 0 Å². The van der Waals surface area contributed by atoms with Crippen molar-refractivity contribution in [2.24, 2.45) is 5.92 Å². The monoisotopic (exact) mass is 293 g/mol. The van der Waals surface area contributed by atoms with Gasteiger partial charge in [-0.3, -0.25) is 4.79 Å². The highest BCUT2D eigenvalue weighted by Gasteiger charge is 2.13. The molecule has 0 aliphatic carbocycles. The van der Waals surface area contributed by atoms with Crippen LogP contribution in [0.15, 0.2) is 12.1 Å². The summed E-state index contributed by atoms with van der Waals surface area (Å²) in [6, 6.07) is 4.26. The van der Waals surface area contributed by atoms with Gasteiger partial charge in [0.2, 0.25) is 0 Å². The van der Waals surface area contributed by atoms with Crippen molar-refractivity contribution in [3.63, 3.8) is 0 Å². The number of nitrogens with one attached hydrogen (secondary N) is 1. The van der Waals surface area contributed by atoms with Crippen LogP contribution in [0.2, 0.25) is 0 Å². The summed E-state index contributed by atoms with van der Waals surface area (Å²) in [6.45, 7) is 10.4. The Morgan fingerprint density at radius 3 is 2.55 bits per heavy atom. The second-order valence-electron chi connectivity index (χ2n) is 5.76. The topological polar surface area (TPSA) is 29.1 Å². The minimum atomic E-state index is 0.277. The van der Waals surface area contributed by atoms with E-state index < -0.39 is 0 Å². The Bertz CT molecular complexity index is 455. The maximum Gasteiger partial charge on any atom is 0.163 e. The first kappa shape index (κ1) is 17.3. The molecular formula is C17H28NOP.